The molecule has 1 aliphatic rings. The molecule has 1 amide bonds. The van der Waals surface area contributed by atoms with Gasteiger partial charge in [0.1, 0.15) is 11.6 Å². The lowest BCUT2D eigenvalue weighted by Crippen LogP contribution is -2.43. The van der Waals surface area contributed by atoms with Gasteiger partial charge in [-0.15, -0.1) is 12.4 Å². The molecule has 3 rings (SSSR count). The minimum Gasteiger partial charge on any atom is -0.368 e. The summed E-state index contributed by atoms with van der Waals surface area (Å²) in [6.07, 6.45) is 1.75. The van der Waals surface area contributed by atoms with E-state index in [1.165, 1.54) is 12.1 Å². The van der Waals surface area contributed by atoms with Crippen LogP contribution in [-0.4, -0.2) is 37.1 Å². The number of rotatable bonds is 3. The highest BCUT2D eigenvalue weighted by Crippen LogP contribution is 2.17. The van der Waals surface area contributed by atoms with Crippen molar-refractivity contribution in [1.82, 2.24) is 10.3 Å². The Labute approximate surface area is 146 Å². The van der Waals surface area contributed by atoms with Crippen molar-refractivity contribution in [3.05, 3.63) is 53.5 Å². The molecule has 24 heavy (non-hydrogen) atoms. The second-order valence-corrected chi connectivity index (χ2v) is 5.55. The molecule has 1 aromatic heterocycles. The molecule has 2 heterocycles. The van der Waals surface area contributed by atoms with Gasteiger partial charge in [0.05, 0.1) is 11.9 Å². The predicted octanol–water partition coefficient (Wildman–Crippen LogP) is 2.61. The number of halogens is 2. The number of hydrogen-bond donors (Lipinski definition) is 2. The topological polar surface area (TPSA) is 57.3 Å². The van der Waals surface area contributed by atoms with Gasteiger partial charge in [0.2, 0.25) is 0 Å². The van der Waals surface area contributed by atoms with Crippen molar-refractivity contribution in [2.24, 2.45) is 0 Å². The number of anilines is 2. The molecule has 0 aliphatic carbocycles. The van der Waals surface area contributed by atoms with Gasteiger partial charge >= 0.3 is 0 Å². The van der Waals surface area contributed by atoms with Crippen molar-refractivity contribution in [1.29, 1.82) is 0 Å². The number of pyridine rings is 1. The van der Waals surface area contributed by atoms with Gasteiger partial charge in [-0.2, -0.15) is 0 Å². The van der Waals surface area contributed by atoms with E-state index in [4.69, 9.17) is 0 Å². The Balaban J connectivity index is 0.00000208. The highest BCUT2D eigenvalue weighted by Gasteiger charge is 2.13. The molecule has 7 heteroatoms. The second kappa shape index (κ2) is 8.08. The molecule has 128 valence electrons. The van der Waals surface area contributed by atoms with E-state index in [0.717, 1.165) is 37.4 Å². The Kier molecular flexibility index (Phi) is 6.11. The molecule has 1 saturated heterocycles. The predicted molar refractivity (Wildman–Crippen MR) is 95.7 cm³/mol. The lowest BCUT2D eigenvalue weighted by Gasteiger charge is -2.29. The number of piperazine rings is 1. The van der Waals surface area contributed by atoms with Crippen molar-refractivity contribution in [3.63, 3.8) is 0 Å². The molecular weight excluding hydrogens is 331 g/mol. The molecule has 2 N–H and O–H groups in total. The number of aromatic nitrogens is 1. The van der Waals surface area contributed by atoms with Gasteiger partial charge in [0.25, 0.3) is 5.91 Å². The molecule has 1 fully saturated rings. The van der Waals surface area contributed by atoms with Crippen molar-refractivity contribution in [2.45, 2.75) is 6.92 Å². The van der Waals surface area contributed by atoms with E-state index in [1.807, 2.05) is 6.07 Å². The number of nitrogens with one attached hydrogen (secondary N) is 2. The zero-order valence-electron chi connectivity index (χ0n) is 13.4. The first-order valence-electron chi connectivity index (χ1n) is 7.63. The number of carbonyl (C=O) groups excluding carboxylic acids is 1. The lowest BCUT2D eigenvalue weighted by molar-refractivity contribution is 0.102. The summed E-state index contributed by atoms with van der Waals surface area (Å²) in [4.78, 5) is 18.8. The molecule has 0 unspecified atom stereocenters. The standard InChI is InChI=1S/C17H19FN4O.ClH/c1-12-2-3-13(18)10-15(12)17(23)21-16-5-4-14(11-20-16)22-8-6-19-7-9-22;/h2-5,10-11,19H,6-9H2,1H3,(H,20,21,23);1H. The highest BCUT2D eigenvalue weighted by atomic mass is 35.5. The SMILES string of the molecule is Cc1ccc(F)cc1C(=O)Nc1ccc(N2CCNCC2)cn1.Cl. The van der Waals surface area contributed by atoms with Crippen LogP contribution in [0.2, 0.25) is 0 Å². The zero-order chi connectivity index (χ0) is 16.2. The van der Waals surface area contributed by atoms with Gasteiger partial charge < -0.3 is 15.5 Å². The van der Waals surface area contributed by atoms with E-state index in [9.17, 15) is 9.18 Å². The summed E-state index contributed by atoms with van der Waals surface area (Å²) in [5.41, 5.74) is 2.07. The van der Waals surface area contributed by atoms with Crippen LogP contribution in [0.3, 0.4) is 0 Å². The summed E-state index contributed by atoms with van der Waals surface area (Å²) in [6, 6.07) is 7.87. The van der Waals surface area contributed by atoms with Crippen LogP contribution >= 0.6 is 12.4 Å². The molecule has 2 aromatic rings. The summed E-state index contributed by atoms with van der Waals surface area (Å²) in [6.45, 7) is 5.57. The highest BCUT2D eigenvalue weighted by molar-refractivity contribution is 6.04. The van der Waals surface area contributed by atoms with E-state index < -0.39 is 5.82 Å². The van der Waals surface area contributed by atoms with E-state index in [0.29, 0.717) is 11.4 Å². The maximum Gasteiger partial charge on any atom is 0.257 e. The molecule has 0 radical (unpaired) electrons. The average Bonchev–Trinajstić information content (AvgIpc) is 2.58. The smallest absolute Gasteiger partial charge is 0.257 e. The molecule has 0 saturated carbocycles. The molecule has 0 spiro atoms. The fourth-order valence-electron chi connectivity index (χ4n) is 2.59. The Morgan fingerprint density at radius 3 is 2.67 bits per heavy atom. The first-order chi connectivity index (χ1) is 11.1. The number of nitrogens with zero attached hydrogens (tertiary/aromatic N) is 2. The van der Waals surface area contributed by atoms with E-state index in [2.05, 4.69) is 20.5 Å². The fraction of sp³-hybridized carbons (Fsp3) is 0.294. The number of hydrogen-bond acceptors (Lipinski definition) is 4. The number of benzene rings is 1. The largest absolute Gasteiger partial charge is 0.368 e. The third-order valence-electron chi connectivity index (χ3n) is 3.92. The van der Waals surface area contributed by atoms with Crippen LogP contribution in [0.15, 0.2) is 36.5 Å². The van der Waals surface area contributed by atoms with Crippen LogP contribution in [0, 0.1) is 12.7 Å². The summed E-state index contributed by atoms with van der Waals surface area (Å²) in [5, 5.41) is 6.01. The average molecular weight is 351 g/mol. The minimum atomic E-state index is -0.428. The van der Waals surface area contributed by atoms with Gasteiger partial charge in [0, 0.05) is 31.7 Å². The monoisotopic (exact) mass is 350 g/mol. The van der Waals surface area contributed by atoms with Crippen LogP contribution in [0.4, 0.5) is 15.9 Å². The maximum absolute atomic E-state index is 13.3. The number of amides is 1. The van der Waals surface area contributed by atoms with E-state index in [1.54, 1.807) is 25.3 Å². The van der Waals surface area contributed by atoms with Crippen LogP contribution in [-0.2, 0) is 0 Å². The Bertz CT molecular complexity index is 702. The van der Waals surface area contributed by atoms with Crippen LogP contribution in [0.1, 0.15) is 15.9 Å². The number of aryl methyl sites for hydroxylation is 1. The maximum atomic E-state index is 13.3. The summed E-state index contributed by atoms with van der Waals surface area (Å²) < 4.78 is 13.3. The van der Waals surface area contributed by atoms with E-state index in [-0.39, 0.29) is 18.3 Å². The van der Waals surface area contributed by atoms with Crippen molar-refractivity contribution < 1.29 is 9.18 Å². The molecule has 1 aromatic carbocycles. The van der Waals surface area contributed by atoms with Crippen LogP contribution < -0.4 is 15.5 Å². The second-order valence-electron chi connectivity index (χ2n) is 5.55. The summed E-state index contributed by atoms with van der Waals surface area (Å²) in [5.74, 6) is -0.329. The minimum absolute atomic E-state index is 0. The molecule has 5 nitrogen and oxygen atoms in total. The quantitative estimate of drug-likeness (QED) is 0.893. The molecular formula is C17H20ClFN4O. The van der Waals surface area contributed by atoms with Gasteiger partial charge in [0.15, 0.2) is 0 Å². The third kappa shape index (κ3) is 4.21. The van der Waals surface area contributed by atoms with Crippen LogP contribution in [0.25, 0.3) is 0 Å². The molecule has 1 aliphatic heterocycles. The first kappa shape index (κ1) is 18.2. The van der Waals surface area contributed by atoms with Gasteiger partial charge in [-0.3, -0.25) is 4.79 Å². The summed E-state index contributed by atoms with van der Waals surface area (Å²) >= 11 is 0. The van der Waals surface area contributed by atoms with Gasteiger partial charge in [-0.05, 0) is 36.8 Å². The van der Waals surface area contributed by atoms with E-state index >= 15 is 0 Å². The normalized spacial score (nSPS) is 14.0. The first-order valence-corrected chi connectivity index (χ1v) is 7.63. The Hall–Kier alpha value is -2.18. The zero-order valence-corrected chi connectivity index (χ0v) is 14.2. The molecule has 0 bridgehead atoms. The Morgan fingerprint density at radius 1 is 1.25 bits per heavy atom. The van der Waals surface area contributed by atoms with Crippen molar-refractivity contribution >= 4 is 29.8 Å². The molecule has 0 atom stereocenters. The van der Waals surface area contributed by atoms with Crippen molar-refractivity contribution in [3.8, 4) is 0 Å². The third-order valence-corrected chi connectivity index (χ3v) is 3.92. The van der Waals surface area contributed by atoms with Crippen molar-refractivity contribution in [2.75, 3.05) is 36.4 Å². The van der Waals surface area contributed by atoms with Gasteiger partial charge in [-0.1, -0.05) is 6.07 Å². The lowest BCUT2D eigenvalue weighted by atomic mass is 10.1. The summed E-state index contributed by atoms with van der Waals surface area (Å²) in [7, 11) is 0. The van der Waals surface area contributed by atoms with Crippen LogP contribution in [0.5, 0.6) is 0 Å². The number of carbonyl (C=O) groups is 1. The van der Waals surface area contributed by atoms with Gasteiger partial charge in [-0.25, -0.2) is 9.37 Å². The fourth-order valence-corrected chi connectivity index (χ4v) is 2.59. The Morgan fingerprint density at radius 2 is 2.00 bits per heavy atom.